The predicted octanol–water partition coefficient (Wildman–Crippen LogP) is 2.61. The van der Waals surface area contributed by atoms with E-state index in [4.69, 9.17) is 4.74 Å². The third-order valence-corrected chi connectivity index (χ3v) is 3.63. The SMILES string of the molecule is CC(=O)O[C@@H]1c2ccc(Br)cc2C[C@H](C)[C@H]1O. The van der Waals surface area contributed by atoms with Gasteiger partial charge in [-0.3, -0.25) is 4.79 Å². The molecule has 0 bridgehead atoms. The summed E-state index contributed by atoms with van der Waals surface area (Å²) in [6.07, 6.45) is -0.375. The molecular weight excluding hydrogens is 284 g/mol. The molecule has 0 amide bonds. The molecule has 3 atom stereocenters. The number of ether oxygens (including phenoxy) is 1. The first kappa shape index (κ1) is 12.6. The Balaban J connectivity index is 2.41. The fraction of sp³-hybridized carbons (Fsp3) is 0.462. The van der Waals surface area contributed by atoms with Gasteiger partial charge in [-0.15, -0.1) is 0 Å². The van der Waals surface area contributed by atoms with Crippen LogP contribution in [0.2, 0.25) is 0 Å². The number of benzene rings is 1. The molecule has 92 valence electrons. The number of aliphatic hydroxyl groups excluding tert-OH is 1. The van der Waals surface area contributed by atoms with E-state index >= 15 is 0 Å². The summed E-state index contributed by atoms with van der Waals surface area (Å²) in [5, 5.41) is 10.1. The highest BCUT2D eigenvalue weighted by Crippen LogP contribution is 2.37. The maximum Gasteiger partial charge on any atom is 0.303 e. The van der Waals surface area contributed by atoms with E-state index < -0.39 is 12.2 Å². The number of fused-ring (bicyclic) bond motifs is 1. The summed E-state index contributed by atoms with van der Waals surface area (Å²) >= 11 is 3.43. The quantitative estimate of drug-likeness (QED) is 0.811. The van der Waals surface area contributed by atoms with E-state index in [0.29, 0.717) is 0 Å². The molecule has 2 rings (SSSR count). The number of carbonyl (C=O) groups is 1. The molecule has 0 radical (unpaired) electrons. The van der Waals surface area contributed by atoms with E-state index in [1.54, 1.807) is 0 Å². The van der Waals surface area contributed by atoms with Gasteiger partial charge in [0, 0.05) is 11.4 Å². The Morgan fingerprint density at radius 3 is 2.88 bits per heavy atom. The van der Waals surface area contributed by atoms with Gasteiger partial charge < -0.3 is 9.84 Å². The zero-order valence-electron chi connectivity index (χ0n) is 9.81. The highest BCUT2D eigenvalue weighted by Gasteiger charge is 2.35. The zero-order chi connectivity index (χ0) is 12.6. The molecule has 0 heterocycles. The van der Waals surface area contributed by atoms with Crippen LogP contribution in [0.4, 0.5) is 0 Å². The van der Waals surface area contributed by atoms with Crippen LogP contribution in [-0.4, -0.2) is 17.2 Å². The first-order chi connectivity index (χ1) is 7.99. The fourth-order valence-electron chi connectivity index (χ4n) is 2.29. The van der Waals surface area contributed by atoms with Crippen LogP contribution >= 0.6 is 15.9 Å². The standard InChI is InChI=1S/C13H15BrO3/c1-7-5-9-6-10(14)3-4-11(9)13(12(7)16)17-8(2)15/h3-4,6-7,12-13,16H,5H2,1-2H3/t7-,12+,13+/m0/s1. The summed E-state index contributed by atoms with van der Waals surface area (Å²) in [5.41, 5.74) is 2.04. The minimum Gasteiger partial charge on any atom is -0.455 e. The van der Waals surface area contributed by atoms with Gasteiger partial charge in [0.1, 0.15) is 0 Å². The maximum atomic E-state index is 11.1. The molecule has 1 aliphatic carbocycles. The Kier molecular flexibility index (Phi) is 3.54. The number of aliphatic hydroxyl groups is 1. The molecule has 1 N–H and O–H groups in total. The molecule has 3 nitrogen and oxygen atoms in total. The van der Waals surface area contributed by atoms with Gasteiger partial charge in [0.15, 0.2) is 6.10 Å². The lowest BCUT2D eigenvalue weighted by atomic mass is 9.81. The van der Waals surface area contributed by atoms with E-state index in [0.717, 1.165) is 22.0 Å². The molecule has 0 saturated carbocycles. The number of hydrogen-bond acceptors (Lipinski definition) is 3. The van der Waals surface area contributed by atoms with Crippen molar-refractivity contribution >= 4 is 21.9 Å². The number of carbonyl (C=O) groups excluding carboxylic acids is 1. The molecule has 0 fully saturated rings. The van der Waals surface area contributed by atoms with E-state index in [1.807, 2.05) is 25.1 Å². The van der Waals surface area contributed by atoms with Crippen molar-refractivity contribution in [2.45, 2.75) is 32.5 Å². The molecule has 0 aliphatic heterocycles. The molecular formula is C13H15BrO3. The minimum absolute atomic E-state index is 0.0844. The van der Waals surface area contributed by atoms with Crippen LogP contribution in [0.15, 0.2) is 22.7 Å². The van der Waals surface area contributed by atoms with Crippen LogP contribution in [0.5, 0.6) is 0 Å². The van der Waals surface area contributed by atoms with Crippen molar-refractivity contribution in [3.8, 4) is 0 Å². The Labute approximate surface area is 109 Å². The summed E-state index contributed by atoms with van der Waals surface area (Å²) in [7, 11) is 0. The minimum atomic E-state index is -0.632. The second kappa shape index (κ2) is 4.78. The lowest BCUT2D eigenvalue weighted by molar-refractivity contribution is -0.156. The molecule has 0 aromatic heterocycles. The van der Waals surface area contributed by atoms with Crippen molar-refractivity contribution in [1.29, 1.82) is 0 Å². The van der Waals surface area contributed by atoms with Gasteiger partial charge in [0.05, 0.1) is 6.10 Å². The Morgan fingerprint density at radius 2 is 2.24 bits per heavy atom. The molecule has 0 saturated heterocycles. The third-order valence-electron chi connectivity index (χ3n) is 3.14. The van der Waals surface area contributed by atoms with Gasteiger partial charge in [-0.05, 0) is 35.6 Å². The van der Waals surface area contributed by atoms with Gasteiger partial charge >= 0.3 is 5.97 Å². The van der Waals surface area contributed by atoms with Crippen LogP contribution in [0.25, 0.3) is 0 Å². The largest absolute Gasteiger partial charge is 0.455 e. The number of rotatable bonds is 1. The third kappa shape index (κ3) is 2.53. The zero-order valence-corrected chi connectivity index (χ0v) is 11.4. The average Bonchev–Trinajstić information content (AvgIpc) is 2.24. The number of esters is 1. The number of hydrogen-bond donors (Lipinski definition) is 1. The lowest BCUT2D eigenvalue weighted by Crippen LogP contribution is -2.35. The Morgan fingerprint density at radius 1 is 1.53 bits per heavy atom. The van der Waals surface area contributed by atoms with Crippen LogP contribution in [0, 0.1) is 5.92 Å². The van der Waals surface area contributed by atoms with Crippen molar-refractivity contribution in [1.82, 2.24) is 0 Å². The van der Waals surface area contributed by atoms with Gasteiger partial charge in [0.25, 0.3) is 0 Å². The van der Waals surface area contributed by atoms with Gasteiger partial charge in [0.2, 0.25) is 0 Å². The number of halogens is 1. The Bertz CT molecular complexity index is 444. The van der Waals surface area contributed by atoms with Crippen molar-refractivity contribution < 1.29 is 14.6 Å². The molecule has 4 heteroatoms. The van der Waals surface area contributed by atoms with E-state index in [-0.39, 0.29) is 11.9 Å². The summed E-state index contributed by atoms with van der Waals surface area (Å²) in [6, 6.07) is 5.83. The first-order valence-electron chi connectivity index (χ1n) is 5.62. The van der Waals surface area contributed by atoms with Gasteiger partial charge in [-0.25, -0.2) is 0 Å². The van der Waals surface area contributed by atoms with E-state index in [1.165, 1.54) is 6.92 Å². The smallest absolute Gasteiger partial charge is 0.303 e. The molecule has 1 aromatic carbocycles. The average molecular weight is 299 g/mol. The van der Waals surface area contributed by atoms with Crippen LogP contribution < -0.4 is 0 Å². The summed E-state index contributed by atoms with van der Waals surface area (Å²) in [4.78, 5) is 11.1. The lowest BCUT2D eigenvalue weighted by Gasteiger charge is -2.34. The summed E-state index contributed by atoms with van der Waals surface area (Å²) in [5.74, 6) is -0.279. The van der Waals surface area contributed by atoms with Crippen molar-refractivity contribution in [3.05, 3.63) is 33.8 Å². The summed E-state index contributed by atoms with van der Waals surface area (Å²) < 4.78 is 6.24. The highest BCUT2D eigenvalue weighted by molar-refractivity contribution is 9.10. The van der Waals surface area contributed by atoms with Gasteiger partial charge in [-0.1, -0.05) is 28.9 Å². The second-order valence-electron chi connectivity index (χ2n) is 4.55. The fourth-order valence-corrected chi connectivity index (χ4v) is 2.70. The van der Waals surface area contributed by atoms with Crippen molar-refractivity contribution in [2.75, 3.05) is 0 Å². The second-order valence-corrected chi connectivity index (χ2v) is 5.46. The van der Waals surface area contributed by atoms with E-state index in [2.05, 4.69) is 15.9 Å². The monoisotopic (exact) mass is 298 g/mol. The van der Waals surface area contributed by atoms with Crippen molar-refractivity contribution in [3.63, 3.8) is 0 Å². The first-order valence-corrected chi connectivity index (χ1v) is 6.42. The molecule has 0 unspecified atom stereocenters. The Hall–Kier alpha value is -0.870. The highest BCUT2D eigenvalue weighted by atomic mass is 79.9. The molecule has 0 spiro atoms. The van der Waals surface area contributed by atoms with Gasteiger partial charge in [-0.2, -0.15) is 0 Å². The van der Waals surface area contributed by atoms with E-state index in [9.17, 15) is 9.90 Å². The van der Waals surface area contributed by atoms with Crippen molar-refractivity contribution in [2.24, 2.45) is 5.92 Å². The molecule has 17 heavy (non-hydrogen) atoms. The van der Waals surface area contributed by atoms with Crippen LogP contribution in [0.1, 0.15) is 31.1 Å². The topological polar surface area (TPSA) is 46.5 Å². The predicted molar refractivity (Wildman–Crippen MR) is 67.5 cm³/mol. The molecule has 1 aromatic rings. The maximum absolute atomic E-state index is 11.1. The molecule has 1 aliphatic rings. The summed E-state index contributed by atoms with van der Waals surface area (Å²) in [6.45, 7) is 3.33. The van der Waals surface area contributed by atoms with Crippen LogP contribution in [-0.2, 0) is 16.0 Å². The van der Waals surface area contributed by atoms with Crippen LogP contribution in [0.3, 0.4) is 0 Å². The normalized spacial score (nSPS) is 27.4.